The number of carbonyl (C=O) groups is 2. The molecule has 1 aromatic heterocycles. The minimum Gasteiger partial charge on any atom is -0.364 e. The second-order valence-corrected chi connectivity index (χ2v) is 4.39. The highest BCUT2D eigenvalue weighted by Gasteiger charge is 2.20. The summed E-state index contributed by atoms with van der Waals surface area (Å²) in [6.07, 6.45) is 1.40. The average Bonchev–Trinajstić information content (AvgIpc) is 2.39. The molecule has 6 heteroatoms. The van der Waals surface area contributed by atoms with Crippen molar-refractivity contribution < 1.29 is 9.59 Å². The normalized spacial score (nSPS) is 16.6. The number of pyridine rings is 1. The molecule has 96 valence electrons. The Labute approximate surface area is 105 Å². The zero-order valence-corrected chi connectivity index (χ0v) is 10.3. The lowest BCUT2D eigenvalue weighted by Crippen LogP contribution is -2.47. The monoisotopic (exact) mass is 248 g/mol. The van der Waals surface area contributed by atoms with Gasteiger partial charge in [-0.05, 0) is 19.2 Å². The fourth-order valence-corrected chi connectivity index (χ4v) is 1.86. The van der Waals surface area contributed by atoms with E-state index in [2.05, 4.69) is 9.88 Å². The van der Waals surface area contributed by atoms with E-state index in [1.807, 2.05) is 7.05 Å². The van der Waals surface area contributed by atoms with Gasteiger partial charge in [0.25, 0.3) is 11.8 Å². The molecule has 2 N–H and O–H groups in total. The van der Waals surface area contributed by atoms with Crippen molar-refractivity contribution >= 4 is 11.8 Å². The number of aromatic nitrogens is 1. The number of hydrogen-bond donors (Lipinski definition) is 1. The second-order valence-electron chi connectivity index (χ2n) is 4.39. The third-order valence-electron chi connectivity index (χ3n) is 3.05. The van der Waals surface area contributed by atoms with Gasteiger partial charge in [0, 0.05) is 32.4 Å². The number of hydrogen-bond acceptors (Lipinski definition) is 4. The Morgan fingerprint density at radius 2 is 1.89 bits per heavy atom. The van der Waals surface area contributed by atoms with Crippen LogP contribution in [0.15, 0.2) is 18.3 Å². The molecule has 6 nitrogen and oxygen atoms in total. The Bertz CT molecular complexity index is 450. The van der Waals surface area contributed by atoms with Crippen LogP contribution < -0.4 is 5.73 Å². The minimum atomic E-state index is -0.589. The predicted octanol–water partition coefficient (Wildman–Crippen LogP) is -0.432. The van der Waals surface area contributed by atoms with Crippen LogP contribution in [0.25, 0.3) is 0 Å². The SMILES string of the molecule is CN1CCN(C(=O)c2ccc(C(N)=O)nc2)CC1. The van der Waals surface area contributed by atoms with Gasteiger partial charge in [-0.3, -0.25) is 14.6 Å². The fourth-order valence-electron chi connectivity index (χ4n) is 1.86. The molecule has 18 heavy (non-hydrogen) atoms. The highest BCUT2D eigenvalue weighted by molar-refractivity contribution is 5.95. The number of nitrogens with two attached hydrogens (primary N) is 1. The summed E-state index contributed by atoms with van der Waals surface area (Å²) in [5.41, 5.74) is 5.76. The summed E-state index contributed by atoms with van der Waals surface area (Å²) >= 11 is 0. The zero-order chi connectivity index (χ0) is 13.1. The van der Waals surface area contributed by atoms with Gasteiger partial charge < -0.3 is 15.5 Å². The van der Waals surface area contributed by atoms with E-state index in [0.717, 1.165) is 13.1 Å². The van der Waals surface area contributed by atoms with Gasteiger partial charge in [-0.2, -0.15) is 0 Å². The van der Waals surface area contributed by atoms with Gasteiger partial charge in [0.1, 0.15) is 5.69 Å². The number of carbonyl (C=O) groups excluding carboxylic acids is 2. The van der Waals surface area contributed by atoms with E-state index in [-0.39, 0.29) is 11.6 Å². The average molecular weight is 248 g/mol. The van der Waals surface area contributed by atoms with Crippen LogP contribution in [0.5, 0.6) is 0 Å². The molecular formula is C12H16N4O2. The van der Waals surface area contributed by atoms with E-state index >= 15 is 0 Å². The van der Waals surface area contributed by atoms with E-state index in [0.29, 0.717) is 18.7 Å². The largest absolute Gasteiger partial charge is 0.364 e. The van der Waals surface area contributed by atoms with Crippen LogP contribution in [0, 0.1) is 0 Å². The molecule has 1 aliphatic heterocycles. The molecule has 0 spiro atoms. The Kier molecular flexibility index (Phi) is 3.57. The molecule has 0 atom stereocenters. The van der Waals surface area contributed by atoms with Gasteiger partial charge in [-0.1, -0.05) is 0 Å². The van der Waals surface area contributed by atoms with Crippen LogP contribution in [0.3, 0.4) is 0 Å². The van der Waals surface area contributed by atoms with Crippen molar-refractivity contribution in [1.29, 1.82) is 0 Å². The first-order valence-electron chi connectivity index (χ1n) is 5.81. The van der Waals surface area contributed by atoms with Crippen molar-refractivity contribution in [3.63, 3.8) is 0 Å². The summed E-state index contributed by atoms with van der Waals surface area (Å²) in [7, 11) is 2.03. The molecule has 1 aliphatic rings. The van der Waals surface area contributed by atoms with Crippen molar-refractivity contribution in [2.24, 2.45) is 5.73 Å². The maximum Gasteiger partial charge on any atom is 0.267 e. The lowest BCUT2D eigenvalue weighted by molar-refractivity contribution is 0.0663. The Hall–Kier alpha value is -1.95. The maximum absolute atomic E-state index is 12.1. The third kappa shape index (κ3) is 2.65. The Morgan fingerprint density at radius 3 is 2.39 bits per heavy atom. The van der Waals surface area contributed by atoms with Gasteiger partial charge in [0.15, 0.2) is 0 Å². The molecular weight excluding hydrogens is 232 g/mol. The second kappa shape index (κ2) is 5.14. The van der Waals surface area contributed by atoms with Crippen molar-refractivity contribution in [1.82, 2.24) is 14.8 Å². The number of amides is 2. The summed E-state index contributed by atoms with van der Waals surface area (Å²) in [6.45, 7) is 3.18. The molecule has 2 rings (SSSR count). The lowest BCUT2D eigenvalue weighted by Gasteiger charge is -2.32. The molecule has 0 radical (unpaired) electrons. The summed E-state index contributed by atoms with van der Waals surface area (Å²) in [5.74, 6) is -0.639. The highest BCUT2D eigenvalue weighted by atomic mass is 16.2. The number of piperazine rings is 1. The van der Waals surface area contributed by atoms with Crippen LogP contribution in [0.4, 0.5) is 0 Å². The van der Waals surface area contributed by atoms with Crippen LogP contribution >= 0.6 is 0 Å². The van der Waals surface area contributed by atoms with Crippen LogP contribution in [0.2, 0.25) is 0 Å². The van der Waals surface area contributed by atoms with E-state index in [1.54, 1.807) is 11.0 Å². The Balaban J connectivity index is 2.07. The number of primary amides is 1. The van der Waals surface area contributed by atoms with Gasteiger partial charge in [-0.15, -0.1) is 0 Å². The van der Waals surface area contributed by atoms with E-state index < -0.39 is 5.91 Å². The van der Waals surface area contributed by atoms with Gasteiger partial charge >= 0.3 is 0 Å². The molecule has 2 heterocycles. The standard InChI is InChI=1S/C12H16N4O2/c1-15-4-6-16(7-5-15)12(18)9-2-3-10(11(13)17)14-8-9/h2-3,8H,4-7H2,1H3,(H2,13,17). The molecule has 1 aromatic rings. The molecule has 0 unspecified atom stereocenters. The van der Waals surface area contributed by atoms with Crippen LogP contribution in [0.1, 0.15) is 20.8 Å². The van der Waals surface area contributed by atoms with Crippen LogP contribution in [-0.2, 0) is 0 Å². The number of nitrogens with zero attached hydrogens (tertiary/aromatic N) is 3. The summed E-state index contributed by atoms with van der Waals surface area (Å²) in [6, 6.07) is 3.07. The summed E-state index contributed by atoms with van der Waals surface area (Å²) in [4.78, 5) is 30.9. The van der Waals surface area contributed by atoms with Crippen molar-refractivity contribution in [2.45, 2.75) is 0 Å². The first-order chi connectivity index (χ1) is 8.58. The molecule has 2 amide bonds. The molecule has 0 aromatic carbocycles. The van der Waals surface area contributed by atoms with E-state index in [1.165, 1.54) is 12.3 Å². The topological polar surface area (TPSA) is 79.5 Å². The molecule has 1 saturated heterocycles. The van der Waals surface area contributed by atoms with Crippen molar-refractivity contribution in [3.8, 4) is 0 Å². The maximum atomic E-state index is 12.1. The number of rotatable bonds is 2. The minimum absolute atomic E-state index is 0.0494. The Morgan fingerprint density at radius 1 is 1.22 bits per heavy atom. The van der Waals surface area contributed by atoms with Gasteiger partial charge in [0.05, 0.1) is 5.56 Å². The molecule has 0 aliphatic carbocycles. The first-order valence-corrected chi connectivity index (χ1v) is 5.81. The van der Waals surface area contributed by atoms with E-state index in [4.69, 9.17) is 5.73 Å². The lowest BCUT2D eigenvalue weighted by atomic mass is 10.2. The van der Waals surface area contributed by atoms with Crippen LogP contribution in [-0.4, -0.2) is 59.8 Å². The molecule has 1 fully saturated rings. The van der Waals surface area contributed by atoms with Gasteiger partial charge in [0.2, 0.25) is 0 Å². The summed E-state index contributed by atoms with van der Waals surface area (Å²) in [5, 5.41) is 0. The summed E-state index contributed by atoms with van der Waals surface area (Å²) < 4.78 is 0. The first kappa shape index (κ1) is 12.5. The van der Waals surface area contributed by atoms with E-state index in [9.17, 15) is 9.59 Å². The molecule has 0 bridgehead atoms. The van der Waals surface area contributed by atoms with Gasteiger partial charge in [-0.25, -0.2) is 0 Å². The fraction of sp³-hybridized carbons (Fsp3) is 0.417. The third-order valence-corrected chi connectivity index (χ3v) is 3.05. The quantitative estimate of drug-likeness (QED) is 0.770. The molecule has 0 saturated carbocycles. The smallest absolute Gasteiger partial charge is 0.267 e. The van der Waals surface area contributed by atoms with Crippen molar-refractivity contribution in [2.75, 3.05) is 33.2 Å². The zero-order valence-electron chi connectivity index (χ0n) is 10.3. The number of likely N-dealkylation sites (N-methyl/N-ethyl adjacent to an activating group) is 1. The predicted molar refractivity (Wildman–Crippen MR) is 66.2 cm³/mol. The van der Waals surface area contributed by atoms with Crippen molar-refractivity contribution in [3.05, 3.63) is 29.6 Å². The highest BCUT2D eigenvalue weighted by Crippen LogP contribution is 2.07.